The Balaban J connectivity index is 4.40. The third kappa shape index (κ3) is 34.8. The van der Waals surface area contributed by atoms with E-state index in [2.05, 4.69) is 42.7 Å². The number of carbonyl (C=O) groups excluding carboxylic acids is 2. The molecule has 0 aromatic heterocycles. The summed E-state index contributed by atoms with van der Waals surface area (Å²) in [4.78, 5) is 45.7. The average Bonchev–Trinajstić information content (AvgIpc) is 3.10. The van der Waals surface area contributed by atoms with Gasteiger partial charge in [-0.15, -0.1) is 0 Å². The van der Waals surface area contributed by atoms with Crippen molar-refractivity contribution in [3.63, 3.8) is 0 Å². The number of hydrogen-bond acceptors (Lipinski definition) is 9. The molecule has 0 aromatic carbocycles. The quantitative estimate of drug-likeness (QED) is 0.0239. The van der Waals surface area contributed by atoms with Gasteiger partial charge >= 0.3 is 25.7 Å². The Hall–Kier alpha value is -2.04. The molecule has 51 heavy (non-hydrogen) atoms. The molecule has 0 aromatic rings. The van der Waals surface area contributed by atoms with Gasteiger partial charge in [0.1, 0.15) is 12.6 Å². The molecule has 0 amide bonds. The normalized spacial score (nSPS) is 14.1. The minimum atomic E-state index is -4.71. The van der Waals surface area contributed by atoms with Crippen LogP contribution >= 0.6 is 7.82 Å². The van der Waals surface area contributed by atoms with Crippen LogP contribution < -0.4 is 5.73 Å². The Morgan fingerprint density at radius 3 is 1.57 bits per heavy atom. The Morgan fingerprint density at radius 2 is 1.04 bits per heavy atom. The Kier molecular flexibility index (Phi) is 33.6. The van der Waals surface area contributed by atoms with Crippen LogP contribution in [-0.2, 0) is 37.5 Å². The lowest BCUT2D eigenvalue weighted by Crippen LogP contribution is -2.34. The molecule has 0 spiro atoms. The number of hydrogen-bond donors (Lipinski definition) is 3. The number of unbranched alkanes of at least 4 members (excludes halogenated alkanes) is 19. The maximum atomic E-state index is 12.6. The van der Waals surface area contributed by atoms with Crippen LogP contribution in [0.5, 0.6) is 0 Å². The van der Waals surface area contributed by atoms with Crippen molar-refractivity contribution in [1.29, 1.82) is 0 Å². The van der Waals surface area contributed by atoms with Crippen LogP contribution in [0.4, 0.5) is 0 Å². The van der Waals surface area contributed by atoms with Crippen molar-refractivity contribution in [2.24, 2.45) is 5.73 Å². The van der Waals surface area contributed by atoms with E-state index in [9.17, 15) is 23.8 Å². The van der Waals surface area contributed by atoms with Gasteiger partial charge < -0.3 is 25.2 Å². The number of aliphatic carboxylic acids is 1. The van der Waals surface area contributed by atoms with Gasteiger partial charge in [-0.2, -0.15) is 0 Å². The SMILES string of the molecule is CCCCC/C=C/C/C=C/CCCCCCCCCC(=O)O[C@@H](COC(=O)CCCCCCCCCCCC)COP(=O)(O)OC[C@H](N)C(=O)O. The fourth-order valence-corrected chi connectivity index (χ4v) is 6.05. The maximum absolute atomic E-state index is 12.6. The van der Waals surface area contributed by atoms with E-state index < -0.39 is 51.1 Å². The number of rotatable bonds is 37. The van der Waals surface area contributed by atoms with Gasteiger partial charge in [-0.05, 0) is 44.9 Å². The minimum Gasteiger partial charge on any atom is -0.480 e. The predicted octanol–water partition coefficient (Wildman–Crippen LogP) is 9.89. The zero-order chi connectivity index (χ0) is 37.8. The summed E-state index contributed by atoms with van der Waals surface area (Å²) in [7, 11) is -4.71. The second kappa shape index (κ2) is 35.0. The standard InChI is InChI=1S/C39H72NO10P/c1-3-5-7-9-11-13-15-16-17-18-19-20-21-23-25-27-29-31-38(42)50-35(33-48-51(45,46)49-34-36(40)39(43)44)32-47-37(41)30-28-26-24-22-14-12-10-8-6-4-2/h11,13,16-17,35-36H,3-10,12,14-15,18-34,40H2,1-2H3,(H,43,44)(H,45,46)/b13-11+,17-16+/t35-,36-/m0/s1. The van der Waals surface area contributed by atoms with Crippen molar-refractivity contribution in [1.82, 2.24) is 0 Å². The van der Waals surface area contributed by atoms with Crippen LogP contribution in [0.2, 0.25) is 0 Å². The summed E-state index contributed by atoms with van der Waals surface area (Å²) in [6.45, 7) is 2.74. The van der Waals surface area contributed by atoms with Crippen LogP contribution in [0.3, 0.4) is 0 Å². The van der Waals surface area contributed by atoms with E-state index in [1.165, 1.54) is 77.0 Å². The first-order valence-corrected chi connectivity index (χ1v) is 21.4. The molecule has 0 saturated carbocycles. The van der Waals surface area contributed by atoms with Gasteiger partial charge in [-0.25, -0.2) is 4.57 Å². The largest absolute Gasteiger partial charge is 0.480 e. The first-order valence-electron chi connectivity index (χ1n) is 19.9. The average molecular weight is 746 g/mol. The molecular formula is C39H72NO10P. The topological polar surface area (TPSA) is 172 Å². The highest BCUT2D eigenvalue weighted by atomic mass is 31.2. The molecule has 12 heteroatoms. The molecule has 0 heterocycles. The smallest absolute Gasteiger partial charge is 0.472 e. The van der Waals surface area contributed by atoms with Gasteiger partial charge in [-0.1, -0.05) is 141 Å². The Bertz CT molecular complexity index is 974. The lowest BCUT2D eigenvalue weighted by atomic mass is 10.1. The number of phosphoric acid groups is 1. The first-order chi connectivity index (χ1) is 24.6. The zero-order valence-corrected chi connectivity index (χ0v) is 32.8. The van der Waals surface area contributed by atoms with Crippen molar-refractivity contribution in [2.45, 2.75) is 187 Å². The summed E-state index contributed by atoms with van der Waals surface area (Å²) in [5.41, 5.74) is 5.32. The molecule has 0 aliphatic heterocycles. The number of phosphoric ester groups is 1. The highest BCUT2D eigenvalue weighted by molar-refractivity contribution is 7.47. The van der Waals surface area contributed by atoms with Crippen LogP contribution in [0.1, 0.15) is 174 Å². The highest BCUT2D eigenvalue weighted by Gasteiger charge is 2.28. The van der Waals surface area contributed by atoms with Gasteiger partial charge in [-0.3, -0.25) is 23.4 Å². The summed E-state index contributed by atoms with van der Waals surface area (Å²) < 4.78 is 32.6. The fraction of sp³-hybridized carbons (Fsp3) is 0.821. The highest BCUT2D eigenvalue weighted by Crippen LogP contribution is 2.43. The third-order valence-corrected chi connectivity index (χ3v) is 9.40. The van der Waals surface area contributed by atoms with E-state index in [1.54, 1.807) is 0 Å². The number of carbonyl (C=O) groups is 3. The molecule has 298 valence electrons. The first kappa shape index (κ1) is 49.0. The molecule has 0 aliphatic carbocycles. The Labute approximate surface area is 309 Å². The summed E-state index contributed by atoms with van der Waals surface area (Å²) >= 11 is 0. The van der Waals surface area contributed by atoms with Crippen molar-refractivity contribution in [3.8, 4) is 0 Å². The molecule has 0 rings (SSSR count). The van der Waals surface area contributed by atoms with Crippen molar-refractivity contribution < 1.29 is 47.5 Å². The van der Waals surface area contributed by atoms with E-state index in [-0.39, 0.29) is 19.4 Å². The summed E-state index contributed by atoms with van der Waals surface area (Å²) in [5.74, 6) is -2.39. The zero-order valence-electron chi connectivity index (χ0n) is 31.9. The molecule has 0 aliphatic rings. The molecule has 1 unspecified atom stereocenters. The van der Waals surface area contributed by atoms with Crippen LogP contribution in [0.15, 0.2) is 24.3 Å². The van der Waals surface area contributed by atoms with E-state index in [4.69, 9.17) is 24.8 Å². The number of nitrogens with two attached hydrogens (primary N) is 1. The Morgan fingerprint density at radius 1 is 0.608 bits per heavy atom. The van der Waals surface area contributed by atoms with Crippen LogP contribution in [0, 0.1) is 0 Å². The van der Waals surface area contributed by atoms with E-state index in [0.29, 0.717) is 12.8 Å². The summed E-state index contributed by atoms with van der Waals surface area (Å²) in [6.07, 6.45) is 33.9. The van der Waals surface area contributed by atoms with Gasteiger partial charge in [0.05, 0.1) is 13.2 Å². The van der Waals surface area contributed by atoms with Crippen LogP contribution in [-0.4, -0.2) is 59.9 Å². The molecule has 11 nitrogen and oxygen atoms in total. The number of esters is 2. The lowest BCUT2D eigenvalue weighted by molar-refractivity contribution is -0.161. The number of ether oxygens (including phenoxy) is 2. The van der Waals surface area contributed by atoms with Gasteiger partial charge in [0, 0.05) is 12.8 Å². The fourth-order valence-electron chi connectivity index (χ4n) is 5.27. The van der Waals surface area contributed by atoms with Gasteiger partial charge in [0.25, 0.3) is 0 Å². The second-order valence-electron chi connectivity index (χ2n) is 13.4. The summed E-state index contributed by atoms with van der Waals surface area (Å²) in [5, 5.41) is 8.86. The molecule has 0 bridgehead atoms. The van der Waals surface area contributed by atoms with E-state index in [1.807, 2.05) is 0 Å². The van der Waals surface area contributed by atoms with Crippen molar-refractivity contribution >= 4 is 25.7 Å². The van der Waals surface area contributed by atoms with E-state index in [0.717, 1.165) is 57.8 Å². The van der Waals surface area contributed by atoms with Crippen molar-refractivity contribution in [3.05, 3.63) is 24.3 Å². The van der Waals surface area contributed by atoms with E-state index >= 15 is 0 Å². The summed E-state index contributed by atoms with van der Waals surface area (Å²) in [6, 6.07) is -1.52. The molecule has 0 saturated heterocycles. The molecule has 3 atom stereocenters. The molecule has 0 fully saturated rings. The number of carboxylic acids is 1. The molecule has 0 radical (unpaired) electrons. The maximum Gasteiger partial charge on any atom is 0.472 e. The van der Waals surface area contributed by atoms with Gasteiger partial charge in [0.15, 0.2) is 6.10 Å². The van der Waals surface area contributed by atoms with Crippen LogP contribution in [0.25, 0.3) is 0 Å². The lowest BCUT2D eigenvalue weighted by Gasteiger charge is -2.20. The molecular weight excluding hydrogens is 673 g/mol. The number of carboxylic acid groups (broad SMARTS) is 1. The number of allylic oxidation sites excluding steroid dienone is 4. The molecule has 4 N–H and O–H groups in total. The van der Waals surface area contributed by atoms with Crippen molar-refractivity contribution in [2.75, 3.05) is 19.8 Å². The minimum absolute atomic E-state index is 0.154. The third-order valence-electron chi connectivity index (χ3n) is 8.45. The second-order valence-corrected chi connectivity index (χ2v) is 14.9. The van der Waals surface area contributed by atoms with Gasteiger partial charge in [0.2, 0.25) is 0 Å². The predicted molar refractivity (Wildman–Crippen MR) is 203 cm³/mol. The monoisotopic (exact) mass is 745 g/mol.